The molecule has 2 N–H and O–H groups in total. The van der Waals surface area contributed by atoms with Gasteiger partial charge in [-0.1, -0.05) is 18.2 Å². The molecule has 3 rings (SSSR count). The van der Waals surface area contributed by atoms with Crippen LogP contribution in [0.2, 0.25) is 0 Å². The van der Waals surface area contributed by atoms with E-state index in [4.69, 9.17) is 0 Å². The summed E-state index contributed by atoms with van der Waals surface area (Å²) in [6.07, 6.45) is 1.51. The predicted molar refractivity (Wildman–Crippen MR) is 110 cm³/mol. The van der Waals surface area contributed by atoms with Crippen LogP contribution in [0.4, 0.5) is 17.2 Å². The molecule has 0 unspecified atom stereocenters. The largest absolute Gasteiger partial charge is 0.465 e. The second-order valence-corrected chi connectivity index (χ2v) is 6.22. The molecule has 0 bridgehead atoms. The Labute approximate surface area is 167 Å². The fourth-order valence-electron chi connectivity index (χ4n) is 2.65. The zero-order valence-corrected chi connectivity index (χ0v) is 15.9. The van der Waals surface area contributed by atoms with Crippen molar-refractivity contribution in [2.75, 3.05) is 17.7 Å². The maximum Gasteiger partial charge on any atom is 0.337 e. The molecular weight excluding hydrogens is 370 g/mol. The van der Waals surface area contributed by atoms with Crippen molar-refractivity contribution in [3.05, 3.63) is 83.6 Å². The van der Waals surface area contributed by atoms with Crippen molar-refractivity contribution in [1.29, 1.82) is 0 Å². The Balaban J connectivity index is 1.75. The van der Waals surface area contributed by atoms with Crippen LogP contribution in [0.15, 0.2) is 66.9 Å². The Morgan fingerprint density at radius 2 is 1.55 bits per heavy atom. The van der Waals surface area contributed by atoms with Gasteiger partial charge in [-0.2, -0.15) is 0 Å². The van der Waals surface area contributed by atoms with E-state index in [2.05, 4.69) is 20.4 Å². The minimum Gasteiger partial charge on any atom is -0.465 e. The number of methoxy groups -OCH3 is 1. The molecule has 0 saturated heterocycles. The van der Waals surface area contributed by atoms with Crippen LogP contribution in [-0.4, -0.2) is 29.8 Å². The van der Waals surface area contributed by atoms with E-state index in [1.165, 1.54) is 26.3 Å². The second kappa shape index (κ2) is 8.79. The molecule has 1 heterocycles. The molecule has 0 fully saturated rings. The molecule has 0 spiro atoms. The molecule has 1 aromatic heterocycles. The van der Waals surface area contributed by atoms with Gasteiger partial charge < -0.3 is 15.4 Å². The Morgan fingerprint density at radius 1 is 0.862 bits per heavy atom. The number of nitrogens with one attached hydrogen (secondary N) is 2. The van der Waals surface area contributed by atoms with E-state index >= 15 is 0 Å². The monoisotopic (exact) mass is 389 g/mol. The number of ketones is 1. The lowest BCUT2D eigenvalue weighted by molar-refractivity contribution is 0.0600. The summed E-state index contributed by atoms with van der Waals surface area (Å²) in [6.45, 7) is 1.50. The van der Waals surface area contributed by atoms with Crippen molar-refractivity contribution in [2.24, 2.45) is 0 Å². The van der Waals surface area contributed by atoms with Gasteiger partial charge >= 0.3 is 5.97 Å². The molecule has 0 radical (unpaired) electrons. The van der Waals surface area contributed by atoms with Crippen LogP contribution in [-0.2, 0) is 4.74 Å². The molecule has 146 valence electrons. The number of rotatable bonds is 6. The number of hydrogen-bond acceptors (Lipinski definition) is 6. The summed E-state index contributed by atoms with van der Waals surface area (Å²) >= 11 is 0. The fraction of sp³-hybridized carbons (Fsp3) is 0.0909. The van der Waals surface area contributed by atoms with Crippen molar-refractivity contribution in [1.82, 2.24) is 4.98 Å². The molecule has 2 aromatic carbocycles. The molecule has 7 heteroatoms. The zero-order valence-electron chi connectivity index (χ0n) is 15.9. The summed E-state index contributed by atoms with van der Waals surface area (Å²) in [4.78, 5) is 40.0. The average molecular weight is 389 g/mol. The number of anilines is 3. The third-order valence-corrected chi connectivity index (χ3v) is 4.11. The first-order valence-corrected chi connectivity index (χ1v) is 8.80. The van der Waals surface area contributed by atoms with E-state index in [9.17, 15) is 14.4 Å². The number of Topliss-reactive ketones (excluding diaryl/α,β-unsaturated/α-hetero) is 1. The van der Waals surface area contributed by atoms with E-state index in [0.717, 1.165) is 0 Å². The summed E-state index contributed by atoms with van der Waals surface area (Å²) in [5.74, 6) is -0.412. The normalized spacial score (nSPS) is 10.1. The zero-order chi connectivity index (χ0) is 20.8. The number of carbonyl (C=O) groups is 3. The molecule has 7 nitrogen and oxygen atoms in total. The van der Waals surface area contributed by atoms with E-state index in [-0.39, 0.29) is 11.7 Å². The smallest absolute Gasteiger partial charge is 0.337 e. The minimum atomic E-state index is -0.482. The van der Waals surface area contributed by atoms with Crippen molar-refractivity contribution in [3.8, 4) is 0 Å². The number of amides is 1. The van der Waals surface area contributed by atoms with E-state index in [0.29, 0.717) is 33.9 Å². The van der Waals surface area contributed by atoms with Crippen LogP contribution in [0.5, 0.6) is 0 Å². The van der Waals surface area contributed by atoms with Gasteiger partial charge in [-0.15, -0.1) is 0 Å². The van der Waals surface area contributed by atoms with Gasteiger partial charge in [0.1, 0.15) is 5.82 Å². The topological polar surface area (TPSA) is 97.4 Å². The van der Waals surface area contributed by atoms with Gasteiger partial charge in [0, 0.05) is 28.7 Å². The minimum absolute atomic E-state index is 0.0380. The summed E-state index contributed by atoms with van der Waals surface area (Å²) in [5, 5.41) is 5.83. The van der Waals surface area contributed by atoms with Gasteiger partial charge in [-0.25, -0.2) is 9.78 Å². The third kappa shape index (κ3) is 5.04. The predicted octanol–water partition coefficient (Wildman–Crippen LogP) is 4.07. The Bertz CT molecular complexity index is 1080. The number of nitrogens with zero attached hydrogens (tertiary/aromatic N) is 1. The van der Waals surface area contributed by atoms with E-state index in [1.54, 1.807) is 54.6 Å². The number of carbonyl (C=O) groups excluding carboxylic acids is 3. The number of hydrogen-bond donors (Lipinski definition) is 2. The molecule has 0 atom stereocenters. The SMILES string of the molecule is COC(=O)c1cccc(NC(=O)c2ccnc(Nc3cccc(C(C)=O)c3)c2)c1. The molecule has 0 saturated carbocycles. The van der Waals surface area contributed by atoms with Gasteiger partial charge in [0.15, 0.2) is 5.78 Å². The lowest BCUT2D eigenvalue weighted by Gasteiger charge is -2.10. The van der Waals surface area contributed by atoms with Gasteiger partial charge in [-0.3, -0.25) is 9.59 Å². The molecule has 0 aliphatic rings. The highest BCUT2D eigenvalue weighted by atomic mass is 16.5. The van der Waals surface area contributed by atoms with E-state index in [1.807, 2.05) is 0 Å². The summed E-state index contributed by atoms with van der Waals surface area (Å²) in [6, 6.07) is 16.7. The quantitative estimate of drug-likeness (QED) is 0.487. The highest BCUT2D eigenvalue weighted by Gasteiger charge is 2.11. The van der Waals surface area contributed by atoms with Crippen LogP contribution in [0.1, 0.15) is 38.0 Å². The summed E-state index contributed by atoms with van der Waals surface area (Å²) in [7, 11) is 1.30. The van der Waals surface area contributed by atoms with Crippen molar-refractivity contribution >= 4 is 34.9 Å². The van der Waals surface area contributed by atoms with Crippen molar-refractivity contribution in [3.63, 3.8) is 0 Å². The number of ether oxygens (including phenoxy) is 1. The van der Waals surface area contributed by atoms with Gasteiger partial charge in [0.25, 0.3) is 5.91 Å². The summed E-state index contributed by atoms with van der Waals surface area (Å²) in [5.41, 5.74) is 2.46. The van der Waals surface area contributed by atoms with Crippen LogP contribution >= 0.6 is 0 Å². The molecular formula is C22H19N3O4. The summed E-state index contributed by atoms with van der Waals surface area (Å²) < 4.78 is 4.69. The first-order valence-electron chi connectivity index (χ1n) is 8.80. The van der Waals surface area contributed by atoms with Gasteiger partial charge in [-0.05, 0) is 49.4 Å². The molecule has 1 amide bonds. The lowest BCUT2D eigenvalue weighted by Crippen LogP contribution is -2.13. The molecule has 0 aliphatic heterocycles. The highest BCUT2D eigenvalue weighted by molar-refractivity contribution is 6.05. The first kappa shape index (κ1) is 19.8. The standard InChI is InChI=1S/C22H19N3O4/c1-14(26)15-5-3-7-18(11-15)24-20-13-16(9-10-23-20)21(27)25-19-8-4-6-17(12-19)22(28)29-2/h3-13H,1-2H3,(H,23,24)(H,25,27). The number of esters is 1. The van der Waals surface area contributed by atoms with Crippen molar-refractivity contribution in [2.45, 2.75) is 6.92 Å². The maximum atomic E-state index is 12.6. The highest BCUT2D eigenvalue weighted by Crippen LogP contribution is 2.18. The second-order valence-electron chi connectivity index (χ2n) is 6.22. The van der Waals surface area contributed by atoms with Crippen molar-refractivity contribution < 1.29 is 19.1 Å². The van der Waals surface area contributed by atoms with Gasteiger partial charge in [0.2, 0.25) is 0 Å². The molecule has 29 heavy (non-hydrogen) atoms. The number of benzene rings is 2. The number of aromatic nitrogens is 1. The average Bonchev–Trinajstić information content (AvgIpc) is 2.73. The van der Waals surface area contributed by atoms with Crippen LogP contribution in [0.3, 0.4) is 0 Å². The molecule has 3 aromatic rings. The Hall–Kier alpha value is -4.00. The van der Waals surface area contributed by atoms with Crippen LogP contribution in [0, 0.1) is 0 Å². The van der Waals surface area contributed by atoms with Crippen LogP contribution in [0.25, 0.3) is 0 Å². The van der Waals surface area contributed by atoms with Gasteiger partial charge in [0.05, 0.1) is 12.7 Å². The first-order chi connectivity index (χ1) is 14.0. The third-order valence-electron chi connectivity index (χ3n) is 4.11. The Morgan fingerprint density at radius 3 is 2.28 bits per heavy atom. The molecule has 0 aliphatic carbocycles. The lowest BCUT2D eigenvalue weighted by atomic mass is 10.1. The fourth-order valence-corrected chi connectivity index (χ4v) is 2.65. The van der Waals surface area contributed by atoms with E-state index < -0.39 is 5.97 Å². The Kier molecular flexibility index (Phi) is 5.99. The van der Waals surface area contributed by atoms with Crippen LogP contribution < -0.4 is 10.6 Å². The number of pyridine rings is 1. The maximum absolute atomic E-state index is 12.6.